The number of nitrogens with zero attached hydrogens (tertiary/aromatic N) is 5. The van der Waals surface area contributed by atoms with Gasteiger partial charge in [0.05, 0.1) is 11.7 Å². The van der Waals surface area contributed by atoms with Crippen molar-refractivity contribution in [3.05, 3.63) is 77.3 Å². The van der Waals surface area contributed by atoms with E-state index in [9.17, 15) is 0 Å². The zero-order chi connectivity index (χ0) is 24.5. The second kappa shape index (κ2) is 8.10. The Kier molecular flexibility index (Phi) is 4.66. The molecule has 1 aliphatic carbocycles. The Morgan fingerprint density at radius 1 is 1.00 bits per heavy atom. The summed E-state index contributed by atoms with van der Waals surface area (Å²) in [5.41, 5.74) is 7.30. The van der Waals surface area contributed by atoms with Gasteiger partial charge in [0.15, 0.2) is 5.82 Å². The van der Waals surface area contributed by atoms with Gasteiger partial charge in [0.1, 0.15) is 11.5 Å². The van der Waals surface area contributed by atoms with E-state index < -0.39 is 0 Å². The molecule has 0 amide bonds. The number of aromatic nitrogens is 5. The Balaban J connectivity index is 1.34. The summed E-state index contributed by atoms with van der Waals surface area (Å²) in [4.78, 5) is 25.4. The van der Waals surface area contributed by atoms with Crippen LogP contribution < -0.4 is 10.2 Å². The van der Waals surface area contributed by atoms with E-state index in [0.717, 1.165) is 64.1 Å². The van der Waals surface area contributed by atoms with E-state index in [1.165, 1.54) is 24.1 Å². The van der Waals surface area contributed by atoms with Gasteiger partial charge in [-0.15, -0.1) is 0 Å². The number of pyridine rings is 2. The summed E-state index contributed by atoms with van der Waals surface area (Å²) < 4.78 is 0. The number of hydrogen-bond acceptors (Lipinski definition) is 6. The van der Waals surface area contributed by atoms with Gasteiger partial charge in [-0.05, 0) is 66.6 Å². The van der Waals surface area contributed by atoms with Crippen molar-refractivity contribution in [1.29, 1.82) is 0 Å². The highest BCUT2D eigenvalue weighted by Gasteiger charge is 2.35. The average molecular weight is 506 g/mol. The van der Waals surface area contributed by atoms with E-state index in [2.05, 4.69) is 37.3 Å². The Labute approximate surface area is 218 Å². The molecule has 0 radical (unpaired) electrons. The topological polar surface area (TPSA) is 82.6 Å². The standard InChI is InChI=1S/C29H24ClN7/c30-18-5-3-17(4-6-18)23-13-20-19(7-10-33-27(20)34-23)28-35-24-15-31-14-21(16-1-2-16)26(24)29(36-28)37-12-9-22-25(37)8-11-32-22/h3-8,10,13-16,22,32H,1-2,9,11-12H2,(H,33,34). The maximum absolute atomic E-state index is 6.11. The molecule has 5 aromatic rings. The van der Waals surface area contributed by atoms with Crippen molar-refractivity contribution < 1.29 is 0 Å². The monoisotopic (exact) mass is 505 g/mol. The summed E-state index contributed by atoms with van der Waals surface area (Å²) in [5, 5.41) is 6.45. The van der Waals surface area contributed by atoms with Crippen molar-refractivity contribution in [2.75, 3.05) is 18.0 Å². The van der Waals surface area contributed by atoms with E-state index in [-0.39, 0.29) is 0 Å². The Bertz CT molecular complexity index is 1720. The molecule has 3 aliphatic rings. The van der Waals surface area contributed by atoms with Crippen LogP contribution in [-0.4, -0.2) is 44.1 Å². The maximum Gasteiger partial charge on any atom is 0.163 e. The van der Waals surface area contributed by atoms with Crippen LogP contribution in [-0.2, 0) is 0 Å². The lowest BCUT2D eigenvalue weighted by Crippen LogP contribution is -2.24. The van der Waals surface area contributed by atoms with Crippen molar-refractivity contribution in [1.82, 2.24) is 30.2 Å². The molecule has 6 heterocycles. The number of fused-ring (bicyclic) bond motifs is 3. The Morgan fingerprint density at radius 3 is 2.76 bits per heavy atom. The minimum atomic E-state index is 0.402. The third-order valence-corrected chi connectivity index (χ3v) is 8.06. The van der Waals surface area contributed by atoms with Crippen molar-refractivity contribution in [3.63, 3.8) is 0 Å². The lowest BCUT2D eigenvalue weighted by molar-refractivity contribution is 0.660. The zero-order valence-electron chi connectivity index (χ0n) is 20.1. The van der Waals surface area contributed by atoms with Crippen LogP contribution in [0.1, 0.15) is 30.7 Å². The molecular weight excluding hydrogens is 482 g/mol. The smallest absolute Gasteiger partial charge is 0.163 e. The summed E-state index contributed by atoms with van der Waals surface area (Å²) in [7, 11) is 0. The van der Waals surface area contributed by atoms with Gasteiger partial charge in [-0.25, -0.2) is 15.0 Å². The normalized spacial score (nSPS) is 19.1. The molecule has 1 saturated carbocycles. The summed E-state index contributed by atoms with van der Waals surface area (Å²) in [6, 6.07) is 12.4. The van der Waals surface area contributed by atoms with Crippen molar-refractivity contribution in [2.24, 2.45) is 0 Å². The largest absolute Gasteiger partial charge is 0.339 e. The van der Waals surface area contributed by atoms with Crippen LogP contribution in [0.25, 0.3) is 44.6 Å². The molecule has 1 aromatic carbocycles. The van der Waals surface area contributed by atoms with Crippen molar-refractivity contribution in [2.45, 2.75) is 31.2 Å². The maximum atomic E-state index is 6.11. The lowest BCUT2D eigenvalue weighted by atomic mass is 10.1. The van der Waals surface area contributed by atoms with Crippen LogP contribution in [0.5, 0.6) is 0 Å². The highest BCUT2D eigenvalue weighted by atomic mass is 35.5. The first kappa shape index (κ1) is 21.3. The van der Waals surface area contributed by atoms with Gasteiger partial charge >= 0.3 is 0 Å². The SMILES string of the molecule is Clc1ccc(-c2cc3c(-c4nc(N5CCC6NCC=C65)c5c(C6CC6)cncc5n4)ccnc3[nH]2)cc1. The zero-order valence-corrected chi connectivity index (χ0v) is 20.8. The molecule has 37 heavy (non-hydrogen) atoms. The van der Waals surface area contributed by atoms with Crippen LogP contribution in [0.3, 0.4) is 0 Å². The number of rotatable bonds is 4. The summed E-state index contributed by atoms with van der Waals surface area (Å²) >= 11 is 6.11. The van der Waals surface area contributed by atoms with Crippen LogP contribution in [0, 0.1) is 0 Å². The number of aromatic amines is 1. The Hall–Kier alpha value is -3.81. The molecule has 0 spiro atoms. The molecule has 1 unspecified atom stereocenters. The molecule has 4 aromatic heterocycles. The number of anilines is 1. The Morgan fingerprint density at radius 2 is 1.89 bits per heavy atom. The second-order valence-electron chi connectivity index (χ2n) is 10.1. The molecule has 8 rings (SSSR count). The predicted molar refractivity (Wildman–Crippen MR) is 147 cm³/mol. The van der Waals surface area contributed by atoms with Gasteiger partial charge in [0.2, 0.25) is 0 Å². The number of H-pyrrole nitrogens is 1. The molecular formula is C29H24ClN7. The third kappa shape index (κ3) is 3.45. The second-order valence-corrected chi connectivity index (χ2v) is 10.5. The first-order valence-electron chi connectivity index (χ1n) is 12.8. The summed E-state index contributed by atoms with van der Waals surface area (Å²) in [6.07, 6.45) is 11.5. The van der Waals surface area contributed by atoms with Gasteiger partial charge < -0.3 is 15.2 Å². The first-order chi connectivity index (χ1) is 18.2. The average Bonchev–Trinajstić information content (AvgIpc) is 3.30. The fourth-order valence-electron chi connectivity index (χ4n) is 5.83. The molecule has 1 saturated heterocycles. The van der Waals surface area contributed by atoms with Gasteiger partial charge in [0, 0.05) is 64.3 Å². The van der Waals surface area contributed by atoms with E-state index >= 15 is 0 Å². The van der Waals surface area contributed by atoms with Crippen LogP contribution in [0.2, 0.25) is 5.02 Å². The van der Waals surface area contributed by atoms with E-state index in [1.54, 1.807) is 0 Å². The third-order valence-electron chi connectivity index (χ3n) is 7.80. The molecule has 2 fully saturated rings. The quantitative estimate of drug-likeness (QED) is 0.319. The van der Waals surface area contributed by atoms with E-state index in [0.29, 0.717) is 22.8 Å². The minimum absolute atomic E-state index is 0.402. The van der Waals surface area contributed by atoms with Gasteiger partial charge in [-0.2, -0.15) is 0 Å². The number of nitrogens with one attached hydrogen (secondary N) is 2. The molecule has 8 heteroatoms. The lowest BCUT2D eigenvalue weighted by Gasteiger charge is -2.22. The highest BCUT2D eigenvalue weighted by Crippen LogP contribution is 2.46. The minimum Gasteiger partial charge on any atom is -0.339 e. The fraction of sp³-hybridized carbons (Fsp3) is 0.241. The molecule has 2 aliphatic heterocycles. The number of benzene rings is 1. The number of halogens is 1. The summed E-state index contributed by atoms with van der Waals surface area (Å²) in [5.74, 6) is 2.25. The van der Waals surface area contributed by atoms with Crippen molar-refractivity contribution >= 4 is 39.4 Å². The van der Waals surface area contributed by atoms with Crippen LogP contribution in [0.15, 0.2) is 66.8 Å². The van der Waals surface area contributed by atoms with Gasteiger partial charge in [-0.1, -0.05) is 23.7 Å². The number of hydrogen-bond donors (Lipinski definition) is 2. The summed E-state index contributed by atoms with van der Waals surface area (Å²) in [6.45, 7) is 1.85. The van der Waals surface area contributed by atoms with Crippen LogP contribution in [0.4, 0.5) is 5.82 Å². The first-order valence-corrected chi connectivity index (χ1v) is 13.2. The molecule has 2 N–H and O–H groups in total. The van der Waals surface area contributed by atoms with E-state index in [1.807, 2.05) is 48.9 Å². The highest BCUT2D eigenvalue weighted by molar-refractivity contribution is 6.30. The van der Waals surface area contributed by atoms with Gasteiger partial charge in [0.25, 0.3) is 0 Å². The van der Waals surface area contributed by atoms with E-state index in [4.69, 9.17) is 21.6 Å². The van der Waals surface area contributed by atoms with Crippen LogP contribution >= 0.6 is 11.6 Å². The molecule has 0 bridgehead atoms. The molecule has 1 atom stereocenters. The molecule has 7 nitrogen and oxygen atoms in total. The molecule has 182 valence electrons. The predicted octanol–water partition coefficient (Wildman–Crippen LogP) is 5.83. The van der Waals surface area contributed by atoms with Crippen molar-refractivity contribution in [3.8, 4) is 22.6 Å². The van der Waals surface area contributed by atoms with Gasteiger partial charge in [-0.3, -0.25) is 4.98 Å². The fourth-order valence-corrected chi connectivity index (χ4v) is 5.96.